The van der Waals surface area contributed by atoms with Gasteiger partial charge in [0.2, 0.25) is 10.0 Å². The molecule has 8 heteroatoms. The summed E-state index contributed by atoms with van der Waals surface area (Å²) in [6, 6.07) is 5.13. The summed E-state index contributed by atoms with van der Waals surface area (Å²) in [5.41, 5.74) is 0.644. The summed E-state index contributed by atoms with van der Waals surface area (Å²) in [7, 11) is -3.31. The van der Waals surface area contributed by atoms with Gasteiger partial charge in [0.05, 0.1) is 11.4 Å². The molecule has 2 rings (SSSR count). The van der Waals surface area contributed by atoms with Crippen LogP contribution in [0, 0.1) is 0 Å². The Balaban J connectivity index is 2.22. The summed E-state index contributed by atoms with van der Waals surface area (Å²) in [5.74, 6) is -1.59. The summed E-state index contributed by atoms with van der Waals surface area (Å²) >= 11 is 0. The molecule has 1 aliphatic rings. The van der Waals surface area contributed by atoms with Crippen molar-refractivity contribution in [3.63, 3.8) is 0 Å². The number of benzene rings is 1. The summed E-state index contributed by atoms with van der Waals surface area (Å²) in [4.78, 5) is 22.7. The molecule has 1 saturated heterocycles. The van der Waals surface area contributed by atoms with Crippen LogP contribution in [-0.2, 0) is 14.8 Å². The van der Waals surface area contributed by atoms with Crippen molar-refractivity contribution in [2.24, 2.45) is 0 Å². The van der Waals surface area contributed by atoms with Gasteiger partial charge in [-0.05, 0) is 31.5 Å². The molecule has 1 atom stereocenters. The highest BCUT2D eigenvalue weighted by molar-refractivity contribution is 7.93. The smallest absolute Gasteiger partial charge is 0.325 e. The van der Waals surface area contributed by atoms with Crippen molar-refractivity contribution in [2.75, 3.05) is 16.6 Å². The molecule has 21 heavy (non-hydrogen) atoms. The van der Waals surface area contributed by atoms with Crippen LogP contribution >= 0.6 is 0 Å². The first-order chi connectivity index (χ1) is 9.81. The SMILES string of the molecule is C[C@@H](NC(=O)c1cccc(N2CCCS2(=O)=O)c1)C(=O)O. The first-order valence-corrected chi connectivity index (χ1v) is 8.06. The van der Waals surface area contributed by atoms with Gasteiger partial charge in [-0.2, -0.15) is 0 Å². The molecular weight excluding hydrogens is 296 g/mol. The van der Waals surface area contributed by atoms with E-state index in [2.05, 4.69) is 5.32 Å². The zero-order valence-corrected chi connectivity index (χ0v) is 12.3. The summed E-state index contributed by atoms with van der Waals surface area (Å²) in [6.45, 7) is 1.74. The van der Waals surface area contributed by atoms with Gasteiger partial charge in [0, 0.05) is 12.1 Å². The molecule has 0 unspecified atom stereocenters. The van der Waals surface area contributed by atoms with E-state index in [0.29, 0.717) is 18.7 Å². The van der Waals surface area contributed by atoms with Crippen LogP contribution < -0.4 is 9.62 Å². The Morgan fingerprint density at radius 2 is 2.10 bits per heavy atom. The van der Waals surface area contributed by atoms with Gasteiger partial charge in [-0.1, -0.05) is 6.07 Å². The number of nitrogens with one attached hydrogen (secondary N) is 1. The molecule has 0 bridgehead atoms. The summed E-state index contributed by atoms with van der Waals surface area (Å²) < 4.78 is 25.0. The van der Waals surface area contributed by atoms with Crippen LogP contribution in [0.4, 0.5) is 5.69 Å². The Hall–Kier alpha value is -2.09. The Morgan fingerprint density at radius 1 is 1.38 bits per heavy atom. The summed E-state index contributed by atoms with van der Waals surface area (Å²) in [5, 5.41) is 11.1. The Bertz CT molecular complexity index is 671. The van der Waals surface area contributed by atoms with Gasteiger partial charge in [0.15, 0.2) is 0 Å². The molecule has 1 aromatic rings. The van der Waals surface area contributed by atoms with Crippen molar-refractivity contribution in [3.05, 3.63) is 29.8 Å². The minimum absolute atomic E-state index is 0.0967. The van der Waals surface area contributed by atoms with E-state index in [1.165, 1.54) is 23.4 Å². The molecule has 0 aromatic heterocycles. The number of rotatable bonds is 4. The average Bonchev–Trinajstić information content (AvgIpc) is 2.78. The molecule has 7 nitrogen and oxygen atoms in total. The maximum atomic E-state index is 11.9. The molecule has 114 valence electrons. The highest BCUT2D eigenvalue weighted by Crippen LogP contribution is 2.24. The molecular formula is C13H16N2O5S. The van der Waals surface area contributed by atoms with Gasteiger partial charge in [0.25, 0.3) is 5.91 Å². The number of carboxylic acid groups (broad SMARTS) is 1. The third-order valence-electron chi connectivity index (χ3n) is 3.21. The van der Waals surface area contributed by atoms with Gasteiger partial charge in [0.1, 0.15) is 6.04 Å². The second kappa shape index (κ2) is 5.72. The van der Waals surface area contributed by atoms with E-state index >= 15 is 0 Å². The lowest BCUT2D eigenvalue weighted by molar-refractivity contribution is -0.138. The molecule has 1 fully saturated rings. The predicted octanol–water partition coefficient (Wildman–Crippen LogP) is 0.429. The lowest BCUT2D eigenvalue weighted by Gasteiger charge is -2.17. The second-order valence-corrected chi connectivity index (χ2v) is 6.84. The van der Waals surface area contributed by atoms with E-state index in [9.17, 15) is 18.0 Å². The van der Waals surface area contributed by atoms with Crippen molar-refractivity contribution < 1.29 is 23.1 Å². The van der Waals surface area contributed by atoms with E-state index in [4.69, 9.17) is 5.11 Å². The zero-order valence-electron chi connectivity index (χ0n) is 11.4. The quantitative estimate of drug-likeness (QED) is 0.839. The normalized spacial score (nSPS) is 18.2. The number of carbonyl (C=O) groups is 2. The first-order valence-electron chi connectivity index (χ1n) is 6.45. The molecule has 0 aliphatic carbocycles. The number of sulfonamides is 1. The van der Waals surface area contributed by atoms with Crippen molar-refractivity contribution in [2.45, 2.75) is 19.4 Å². The molecule has 1 aliphatic heterocycles. The van der Waals surface area contributed by atoms with Gasteiger partial charge < -0.3 is 10.4 Å². The number of hydrogen-bond donors (Lipinski definition) is 2. The summed E-state index contributed by atoms with van der Waals surface area (Å²) in [6.07, 6.45) is 0.550. The van der Waals surface area contributed by atoms with E-state index in [1.807, 2.05) is 0 Å². The number of amides is 1. The number of nitrogens with zero attached hydrogens (tertiary/aromatic N) is 1. The molecule has 2 N–H and O–H groups in total. The fourth-order valence-electron chi connectivity index (χ4n) is 2.07. The first kappa shape index (κ1) is 15.3. The van der Waals surface area contributed by atoms with Crippen LogP contribution in [0.5, 0.6) is 0 Å². The van der Waals surface area contributed by atoms with Crippen LogP contribution in [0.15, 0.2) is 24.3 Å². The van der Waals surface area contributed by atoms with Crippen LogP contribution in [0.3, 0.4) is 0 Å². The largest absolute Gasteiger partial charge is 0.480 e. The fourth-order valence-corrected chi connectivity index (χ4v) is 3.63. The zero-order chi connectivity index (χ0) is 15.6. The maximum absolute atomic E-state index is 11.9. The van der Waals surface area contributed by atoms with Gasteiger partial charge >= 0.3 is 5.97 Å². The van der Waals surface area contributed by atoms with Crippen LogP contribution in [0.1, 0.15) is 23.7 Å². The monoisotopic (exact) mass is 312 g/mol. The van der Waals surface area contributed by atoms with Crippen molar-refractivity contribution >= 4 is 27.6 Å². The van der Waals surface area contributed by atoms with E-state index in [1.54, 1.807) is 12.1 Å². The van der Waals surface area contributed by atoms with Gasteiger partial charge in [-0.15, -0.1) is 0 Å². The Labute approximate surface area is 122 Å². The predicted molar refractivity (Wildman–Crippen MR) is 76.8 cm³/mol. The fraction of sp³-hybridized carbons (Fsp3) is 0.385. The van der Waals surface area contributed by atoms with Crippen molar-refractivity contribution in [1.82, 2.24) is 5.32 Å². The van der Waals surface area contributed by atoms with E-state index in [-0.39, 0.29) is 11.3 Å². The number of carbonyl (C=O) groups excluding carboxylic acids is 1. The Morgan fingerprint density at radius 3 is 2.67 bits per heavy atom. The molecule has 1 aromatic carbocycles. The van der Waals surface area contributed by atoms with Crippen LogP contribution in [0.2, 0.25) is 0 Å². The third kappa shape index (κ3) is 3.33. The van der Waals surface area contributed by atoms with Crippen LogP contribution in [0.25, 0.3) is 0 Å². The number of anilines is 1. The topological polar surface area (TPSA) is 104 Å². The lowest BCUT2D eigenvalue weighted by Crippen LogP contribution is -2.38. The maximum Gasteiger partial charge on any atom is 0.325 e. The van der Waals surface area contributed by atoms with Crippen molar-refractivity contribution in [1.29, 1.82) is 0 Å². The number of carboxylic acids is 1. The van der Waals surface area contributed by atoms with E-state index < -0.39 is 27.9 Å². The van der Waals surface area contributed by atoms with Gasteiger partial charge in [-0.3, -0.25) is 13.9 Å². The number of hydrogen-bond acceptors (Lipinski definition) is 4. The second-order valence-electron chi connectivity index (χ2n) is 4.83. The standard InChI is InChI=1S/C13H16N2O5S/c1-9(13(17)18)14-12(16)10-4-2-5-11(8-10)15-6-3-7-21(15,19)20/h2,4-5,8-9H,3,6-7H2,1H3,(H,14,16)(H,17,18)/t9-/m1/s1. The minimum atomic E-state index is -3.31. The molecule has 1 amide bonds. The highest BCUT2D eigenvalue weighted by atomic mass is 32.2. The molecule has 0 spiro atoms. The lowest BCUT2D eigenvalue weighted by atomic mass is 10.1. The highest BCUT2D eigenvalue weighted by Gasteiger charge is 2.28. The van der Waals surface area contributed by atoms with Gasteiger partial charge in [-0.25, -0.2) is 8.42 Å². The third-order valence-corrected chi connectivity index (χ3v) is 5.08. The Kier molecular flexibility index (Phi) is 4.17. The molecule has 1 heterocycles. The van der Waals surface area contributed by atoms with Crippen molar-refractivity contribution in [3.8, 4) is 0 Å². The number of aliphatic carboxylic acids is 1. The molecule has 0 saturated carbocycles. The minimum Gasteiger partial charge on any atom is -0.480 e. The average molecular weight is 312 g/mol. The molecule has 0 radical (unpaired) electrons. The van der Waals surface area contributed by atoms with Crippen LogP contribution in [-0.4, -0.2) is 43.7 Å². The van der Waals surface area contributed by atoms with E-state index in [0.717, 1.165) is 0 Å².